The lowest BCUT2D eigenvalue weighted by Gasteiger charge is -2.02. The van der Waals surface area contributed by atoms with Crippen LogP contribution in [0, 0.1) is 0 Å². The SMILES string of the molecule is O=C(/C=C/c1ccccc1)[SH]1C=CC=C1. The van der Waals surface area contributed by atoms with Gasteiger partial charge >= 0.3 is 0 Å². The van der Waals surface area contributed by atoms with E-state index in [4.69, 9.17) is 0 Å². The molecule has 0 aromatic heterocycles. The minimum Gasteiger partial charge on any atom is -0.284 e. The van der Waals surface area contributed by atoms with Gasteiger partial charge in [-0.3, -0.25) is 4.79 Å². The molecule has 76 valence electrons. The summed E-state index contributed by atoms with van der Waals surface area (Å²) in [5, 5.41) is 4.12. The zero-order valence-electron chi connectivity index (χ0n) is 8.21. The van der Waals surface area contributed by atoms with Crippen LogP contribution in [0.2, 0.25) is 0 Å². The third kappa shape index (κ3) is 2.70. The number of carbonyl (C=O) groups excluding carboxylic acids is 1. The van der Waals surface area contributed by atoms with Gasteiger partial charge in [-0.1, -0.05) is 48.6 Å². The highest BCUT2D eigenvalue weighted by Gasteiger charge is 2.05. The maximum Gasteiger partial charge on any atom is 0.199 e. The third-order valence-electron chi connectivity index (χ3n) is 2.08. The quantitative estimate of drug-likeness (QED) is 0.593. The Morgan fingerprint density at radius 3 is 2.40 bits per heavy atom. The fourth-order valence-corrected chi connectivity index (χ4v) is 2.51. The van der Waals surface area contributed by atoms with Crippen LogP contribution in [0.15, 0.2) is 59.4 Å². The second-order valence-electron chi connectivity index (χ2n) is 3.17. The molecule has 0 atom stereocenters. The van der Waals surface area contributed by atoms with Crippen LogP contribution in [0.3, 0.4) is 0 Å². The number of hydrogen-bond donors (Lipinski definition) is 1. The zero-order valence-corrected chi connectivity index (χ0v) is 9.10. The molecule has 2 rings (SSSR count). The Hall–Kier alpha value is -1.54. The van der Waals surface area contributed by atoms with Crippen molar-refractivity contribution in [1.82, 2.24) is 0 Å². The molecule has 15 heavy (non-hydrogen) atoms. The van der Waals surface area contributed by atoms with Gasteiger partial charge in [0.15, 0.2) is 5.12 Å². The molecule has 0 unspecified atom stereocenters. The standard InChI is InChI=1S/C13H12OS/c14-13(15-10-4-5-11-15)9-8-12-6-2-1-3-7-12/h1-11,15H/b9-8+. The van der Waals surface area contributed by atoms with Crippen molar-refractivity contribution in [3.63, 3.8) is 0 Å². The predicted molar refractivity (Wildman–Crippen MR) is 67.7 cm³/mol. The van der Waals surface area contributed by atoms with Gasteiger partial charge in [-0.15, -0.1) is 10.9 Å². The minimum absolute atomic E-state index is 0.193. The average molecular weight is 216 g/mol. The topological polar surface area (TPSA) is 17.1 Å². The van der Waals surface area contributed by atoms with Crippen molar-refractivity contribution in [3.8, 4) is 0 Å². The Bertz CT molecular complexity index is 417. The van der Waals surface area contributed by atoms with Gasteiger partial charge in [0, 0.05) is 0 Å². The molecule has 0 radical (unpaired) electrons. The molecule has 2 heteroatoms. The number of carbonyl (C=O) groups is 1. The molecule has 1 nitrogen and oxygen atoms in total. The molecule has 0 aliphatic carbocycles. The lowest BCUT2D eigenvalue weighted by atomic mass is 10.2. The first-order chi connectivity index (χ1) is 7.36. The summed E-state index contributed by atoms with van der Waals surface area (Å²) in [6.45, 7) is 0. The average Bonchev–Trinajstić information content (AvgIpc) is 2.81. The summed E-state index contributed by atoms with van der Waals surface area (Å²) in [5.74, 6) is 0. The Morgan fingerprint density at radius 2 is 1.73 bits per heavy atom. The highest BCUT2D eigenvalue weighted by molar-refractivity contribution is 8.34. The van der Waals surface area contributed by atoms with Crippen LogP contribution in [-0.4, -0.2) is 5.12 Å². The fourth-order valence-electron chi connectivity index (χ4n) is 1.30. The molecular weight excluding hydrogens is 204 g/mol. The van der Waals surface area contributed by atoms with Gasteiger partial charge in [0.2, 0.25) is 0 Å². The fraction of sp³-hybridized carbons (Fsp3) is 0. The van der Waals surface area contributed by atoms with Crippen LogP contribution in [0.4, 0.5) is 0 Å². The molecule has 0 bridgehead atoms. The molecule has 0 saturated carbocycles. The van der Waals surface area contributed by atoms with E-state index in [9.17, 15) is 4.79 Å². The number of hydrogen-bond acceptors (Lipinski definition) is 1. The van der Waals surface area contributed by atoms with Crippen LogP contribution in [-0.2, 0) is 4.79 Å². The highest BCUT2D eigenvalue weighted by atomic mass is 32.2. The zero-order chi connectivity index (χ0) is 10.5. The number of allylic oxidation sites excluding steroid dienone is 2. The van der Waals surface area contributed by atoms with E-state index in [1.54, 1.807) is 6.08 Å². The second kappa shape index (κ2) is 4.80. The summed E-state index contributed by atoms with van der Waals surface area (Å²) in [5.41, 5.74) is 1.06. The molecule has 0 fully saturated rings. The molecule has 1 heterocycles. The Morgan fingerprint density at radius 1 is 1.07 bits per heavy atom. The van der Waals surface area contributed by atoms with Gasteiger partial charge in [0.1, 0.15) is 0 Å². The van der Waals surface area contributed by atoms with Crippen molar-refractivity contribution in [2.75, 3.05) is 0 Å². The first-order valence-electron chi connectivity index (χ1n) is 4.77. The maximum absolute atomic E-state index is 11.7. The van der Waals surface area contributed by atoms with Crippen molar-refractivity contribution in [2.45, 2.75) is 0 Å². The van der Waals surface area contributed by atoms with Gasteiger partial charge < -0.3 is 0 Å². The third-order valence-corrected chi connectivity index (χ3v) is 3.72. The summed E-state index contributed by atoms with van der Waals surface area (Å²) < 4.78 is 0. The molecule has 1 aromatic carbocycles. The first kappa shape index (κ1) is 9.99. The predicted octanol–water partition coefficient (Wildman–Crippen LogP) is 3.27. The second-order valence-corrected chi connectivity index (χ2v) is 5.02. The molecule has 0 amide bonds. The van der Waals surface area contributed by atoms with E-state index in [2.05, 4.69) is 0 Å². The van der Waals surface area contributed by atoms with Crippen LogP contribution < -0.4 is 0 Å². The van der Waals surface area contributed by atoms with Crippen LogP contribution in [0.1, 0.15) is 5.56 Å². The van der Waals surface area contributed by atoms with Crippen LogP contribution in [0.25, 0.3) is 6.08 Å². The molecule has 0 saturated heterocycles. The molecule has 1 aliphatic heterocycles. The van der Waals surface area contributed by atoms with Crippen molar-refractivity contribution >= 4 is 22.1 Å². The number of rotatable bonds is 2. The first-order valence-corrected chi connectivity index (χ1v) is 6.25. The van der Waals surface area contributed by atoms with Crippen molar-refractivity contribution in [1.29, 1.82) is 0 Å². The van der Waals surface area contributed by atoms with Gasteiger partial charge in [0.05, 0.1) is 0 Å². The molecular formula is C13H12OS. The molecule has 0 N–H and O–H groups in total. The van der Waals surface area contributed by atoms with E-state index in [-0.39, 0.29) is 5.12 Å². The van der Waals surface area contributed by atoms with Crippen molar-refractivity contribution < 1.29 is 4.79 Å². The van der Waals surface area contributed by atoms with E-state index in [1.807, 2.05) is 59.4 Å². The van der Waals surface area contributed by atoms with Crippen molar-refractivity contribution in [2.24, 2.45) is 0 Å². The molecule has 0 spiro atoms. The van der Waals surface area contributed by atoms with Gasteiger partial charge in [-0.2, -0.15) is 0 Å². The number of thiol groups is 1. The smallest absolute Gasteiger partial charge is 0.199 e. The van der Waals surface area contributed by atoms with Gasteiger partial charge in [0.25, 0.3) is 0 Å². The van der Waals surface area contributed by atoms with E-state index < -0.39 is 10.9 Å². The van der Waals surface area contributed by atoms with Crippen LogP contribution in [0.5, 0.6) is 0 Å². The van der Waals surface area contributed by atoms with Gasteiger partial charge in [-0.25, -0.2) is 0 Å². The molecule has 1 aromatic rings. The Kier molecular flexibility index (Phi) is 3.20. The summed E-state index contributed by atoms with van der Waals surface area (Å²) >= 11 is 0. The maximum atomic E-state index is 11.7. The number of benzene rings is 1. The Balaban J connectivity index is 2.03. The Labute approximate surface area is 92.2 Å². The normalized spacial score (nSPS) is 16.4. The summed E-state index contributed by atoms with van der Waals surface area (Å²) in [6.07, 6.45) is 7.39. The van der Waals surface area contributed by atoms with Gasteiger partial charge in [-0.05, 0) is 22.5 Å². The summed E-state index contributed by atoms with van der Waals surface area (Å²) in [7, 11) is -0.689. The molecule has 1 aliphatic rings. The monoisotopic (exact) mass is 216 g/mol. The van der Waals surface area contributed by atoms with E-state index in [0.717, 1.165) is 5.56 Å². The largest absolute Gasteiger partial charge is 0.284 e. The highest BCUT2D eigenvalue weighted by Crippen LogP contribution is 2.34. The van der Waals surface area contributed by atoms with Crippen molar-refractivity contribution in [3.05, 3.63) is 64.9 Å². The van der Waals surface area contributed by atoms with E-state index in [1.165, 1.54) is 0 Å². The minimum atomic E-state index is -0.689. The van der Waals surface area contributed by atoms with E-state index in [0.29, 0.717) is 0 Å². The lowest BCUT2D eigenvalue weighted by molar-refractivity contribution is -0.107. The summed E-state index contributed by atoms with van der Waals surface area (Å²) in [6, 6.07) is 9.86. The van der Waals surface area contributed by atoms with E-state index >= 15 is 0 Å². The lowest BCUT2D eigenvalue weighted by Crippen LogP contribution is -1.87. The van der Waals surface area contributed by atoms with Crippen LogP contribution >= 0.6 is 10.9 Å². The summed E-state index contributed by atoms with van der Waals surface area (Å²) in [4.78, 5) is 11.7.